The molecule has 22 heavy (non-hydrogen) atoms. The molecule has 2 aromatic rings. The summed E-state index contributed by atoms with van der Waals surface area (Å²) in [6, 6.07) is 9.23. The normalized spacial score (nSPS) is 16.0. The molecule has 2 N–H and O–H groups in total. The first-order valence-electron chi connectivity index (χ1n) is 7.80. The summed E-state index contributed by atoms with van der Waals surface area (Å²) in [5.74, 6) is 0.761. The minimum atomic E-state index is 0.0140. The number of phenols is 1. The molecule has 1 aromatic carbocycles. The van der Waals surface area contributed by atoms with Crippen LogP contribution in [0.5, 0.6) is 5.75 Å². The molecule has 1 amide bonds. The van der Waals surface area contributed by atoms with Crippen LogP contribution in [0, 0.1) is 0 Å². The number of nitrogens with one attached hydrogen (secondary N) is 1. The van der Waals surface area contributed by atoms with Crippen LogP contribution < -0.4 is 0 Å². The van der Waals surface area contributed by atoms with Crippen molar-refractivity contribution in [1.29, 1.82) is 0 Å². The van der Waals surface area contributed by atoms with Gasteiger partial charge in [0, 0.05) is 18.8 Å². The number of benzene rings is 1. The third-order valence-corrected chi connectivity index (χ3v) is 4.38. The maximum atomic E-state index is 12.4. The van der Waals surface area contributed by atoms with Gasteiger partial charge in [0.15, 0.2) is 0 Å². The van der Waals surface area contributed by atoms with E-state index in [1.165, 1.54) is 5.56 Å². The van der Waals surface area contributed by atoms with Crippen molar-refractivity contribution in [2.24, 2.45) is 0 Å². The first-order chi connectivity index (χ1) is 10.7. The molecule has 1 fully saturated rings. The zero-order valence-electron chi connectivity index (χ0n) is 12.7. The molecule has 0 aliphatic carbocycles. The minimum Gasteiger partial charge on any atom is -0.508 e. The number of amides is 1. The largest absolute Gasteiger partial charge is 0.508 e. The first kappa shape index (κ1) is 14.6. The average molecular weight is 299 g/mol. The van der Waals surface area contributed by atoms with E-state index in [4.69, 9.17) is 0 Å². The van der Waals surface area contributed by atoms with E-state index in [-0.39, 0.29) is 5.91 Å². The number of hydrogen-bond acceptors (Lipinski definition) is 3. The van der Waals surface area contributed by atoms with E-state index in [0.29, 0.717) is 17.4 Å². The summed E-state index contributed by atoms with van der Waals surface area (Å²) in [6.45, 7) is 3.53. The van der Waals surface area contributed by atoms with Crippen LogP contribution in [0.3, 0.4) is 0 Å². The standard InChI is InChI=1S/C17H21N3O2/c1-2-14-11-16(19-18-14)17(22)20-9-7-13(8-10-20)12-3-5-15(21)6-4-12/h3-6,11,13,21H,2,7-10H2,1H3,(H,18,19). The van der Waals surface area contributed by atoms with Crippen molar-refractivity contribution < 1.29 is 9.90 Å². The summed E-state index contributed by atoms with van der Waals surface area (Å²) < 4.78 is 0. The van der Waals surface area contributed by atoms with Gasteiger partial charge >= 0.3 is 0 Å². The van der Waals surface area contributed by atoms with Crippen molar-refractivity contribution in [1.82, 2.24) is 15.1 Å². The van der Waals surface area contributed by atoms with Gasteiger partial charge in [-0.05, 0) is 48.9 Å². The fraction of sp³-hybridized carbons (Fsp3) is 0.412. The second kappa shape index (κ2) is 6.22. The Bertz CT molecular complexity index is 640. The molecular formula is C17H21N3O2. The third kappa shape index (κ3) is 2.98. The zero-order chi connectivity index (χ0) is 15.5. The van der Waals surface area contributed by atoms with E-state index in [2.05, 4.69) is 10.2 Å². The van der Waals surface area contributed by atoms with Crippen molar-refractivity contribution in [3.8, 4) is 5.75 Å². The number of nitrogens with zero attached hydrogens (tertiary/aromatic N) is 2. The summed E-state index contributed by atoms with van der Waals surface area (Å²) in [6.07, 6.45) is 2.74. The molecule has 5 heteroatoms. The number of phenolic OH excluding ortho intramolecular Hbond substituents is 1. The van der Waals surface area contributed by atoms with Crippen molar-refractivity contribution in [3.05, 3.63) is 47.3 Å². The SMILES string of the molecule is CCc1cc(C(=O)N2CCC(c3ccc(O)cc3)CC2)n[nH]1. The van der Waals surface area contributed by atoms with Crippen LogP contribution in [0.4, 0.5) is 0 Å². The van der Waals surface area contributed by atoms with E-state index in [0.717, 1.165) is 38.0 Å². The van der Waals surface area contributed by atoms with Gasteiger partial charge in [-0.2, -0.15) is 5.10 Å². The molecule has 0 atom stereocenters. The Balaban J connectivity index is 1.61. The molecule has 0 bridgehead atoms. The zero-order valence-corrected chi connectivity index (χ0v) is 12.7. The molecule has 5 nitrogen and oxygen atoms in total. The lowest BCUT2D eigenvalue weighted by Crippen LogP contribution is -2.38. The van der Waals surface area contributed by atoms with Crippen LogP contribution in [-0.4, -0.2) is 39.2 Å². The summed E-state index contributed by atoms with van der Waals surface area (Å²) in [5.41, 5.74) is 2.74. The van der Waals surface area contributed by atoms with Crippen LogP contribution in [-0.2, 0) is 6.42 Å². The topological polar surface area (TPSA) is 69.2 Å². The molecule has 1 saturated heterocycles. The van der Waals surface area contributed by atoms with Gasteiger partial charge in [0.25, 0.3) is 5.91 Å². The fourth-order valence-corrected chi connectivity index (χ4v) is 2.98. The second-order valence-corrected chi connectivity index (χ2v) is 5.79. The molecule has 0 spiro atoms. The number of rotatable bonds is 3. The van der Waals surface area contributed by atoms with Crippen molar-refractivity contribution in [3.63, 3.8) is 0 Å². The molecule has 0 radical (unpaired) electrons. The highest BCUT2D eigenvalue weighted by atomic mass is 16.3. The van der Waals surface area contributed by atoms with Gasteiger partial charge < -0.3 is 10.0 Å². The molecule has 3 rings (SSSR count). The lowest BCUT2D eigenvalue weighted by Gasteiger charge is -2.31. The van der Waals surface area contributed by atoms with Crippen LogP contribution in [0.2, 0.25) is 0 Å². The highest BCUT2D eigenvalue weighted by molar-refractivity contribution is 5.92. The fourth-order valence-electron chi connectivity index (χ4n) is 2.98. The summed E-state index contributed by atoms with van der Waals surface area (Å²) in [5, 5.41) is 16.4. The number of aromatic hydroxyl groups is 1. The van der Waals surface area contributed by atoms with Gasteiger partial charge in [0.05, 0.1) is 0 Å². The van der Waals surface area contributed by atoms with E-state index >= 15 is 0 Å². The number of carbonyl (C=O) groups excluding carboxylic acids is 1. The van der Waals surface area contributed by atoms with Gasteiger partial charge in [-0.25, -0.2) is 0 Å². The second-order valence-electron chi connectivity index (χ2n) is 5.79. The predicted octanol–water partition coefficient (Wildman–Crippen LogP) is 2.70. The van der Waals surface area contributed by atoms with Crippen LogP contribution in [0.25, 0.3) is 0 Å². The molecule has 0 unspecified atom stereocenters. The van der Waals surface area contributed by atoms with E-state index in [9.17, 15) is 9.90 Å². The molecule has 116 valence electrons. The van der Waals surface area contributed by atoms with Gasteiger partial charge in [-0.15, -0.1) is 0 Å². The van der Waals surface area contributed by atoms with Gasteiger partial charge in [-0.1, -0.05) is 19.1 Å². The number of likely N-dealkylation sites (tertiary alicyclic amines) is 1. The summed E-state index contributed by atoms with van der Waals surface area (Å²) >= 11 is 0. The highest BCUT2D eigenvalue weighted by Gasteiger charge is 2.25. The number of aromatic amines is 1. The van der Waals surface area contributed by atoms with Crippen LogP contribution in [0.15, 0.2) is 30.3 Å². The third-order valence-electron chi connectivity index (χ3n) is 4.38. The Hall–Kier alpha value is -2.30. The maximum Gasteiger partial charge on any atom is 0.274 e. The number of piperidine rings is 1. The highest BCUT2D eigenvalue weighted by Crippen LogP contribution is 2.29. The molecule has 1 aliphatic heterocycles. The maximum absolute atomic E-state index is 12.4. The number of aromatic nitrogens is 2. The van der Waals surface area contributed by atoms with Crippen molar-refractivity contribution in [2.45, 2.75) is 32.1 Å². The number of hydrogen-bond donors (Lipinski definition) is 2. The first-order valence-corrected chi connectivity index (χ1v) is 7.80. The van der Waals surface area contributed by atoms with Crippen molar-refractivity contribution in [2.75, 3.05) is 13.1 Å². The predicted molar refractivity (Wildman–Crippen MR) is 84.0 cm³/mol. The lowest BCUT2D eigenvalue weighted by atomic mass is 9.89. The Morgan fingerprint density at radius 1 is 1.32 bits per heavy atom. The average Bonchev–Trinajstić information content (AvgIpc) is 3.04. The lowest BCUT2D eigenvalue weighted by molar-refractivity contribution is 0.0707. The summed E-state index contributed by atoms with van der Waals surface area (Å²) in [4.78, 5) is 14.3. The molecule has 0 saturated carbocycles. The van der Waals surface area contributed by atoms with Gasteiger partial charge in [0.1, 0.15) is 11.4 Å². The minimum absolute atomic E-state index is 0.0140. The van der Waals surface area contributed by atoms with Crippen LogP contribution >= 0.6 is 0 Å². The van der Waals surface area contributed by atoms with Crippen molar-refractivity contribution >= 4 is 5.91 Å². The van der Waals surface area contributed by atoms with Gasteiger partial charge in [0.2, 0.25) is 0 Å². The molecule has 1 aromatic heterocycles. The Kier molecular flexibility index (Phi) is 4.13. The smallest absolute Gasteiger partial charge is 0.274 e. The van der Waals surface area contributed by atoms with Gasteiger partial charge in [-0.3, -0.25) is 9.89 Å². The Morgan fingerprint density at radius 2 is 2.00 bits per heavy atom. The quantitative estimate of drug-likeness (QED) is 0.915. The number of carbonyl (C=O) groups is 1. The Labute approximate surface area is 130 Å². The van der Waals surface area contributed by atoms with E-state index in [1.54, 1.807) is 12.1 Å². The number of H-pyrrole nitrogens is 1. The molecular weight excluding hydrogens is 278 g/mol. The number of aryl methyl sites for hydroxylation is 1. The summed E-state index contributed by atoms with van der Waals surface area (Å²) in [7, 11) is 0. The monoisotopic (exact) mass is 299 g/mol. The molecule has 1 aliphatic rings. The van der Waals surface area contributed by atoms with E-state index in [1.807, 2.05) is 30.0 Å². The van der Waals surface area contributed by atoms with Crippen LogP contribution in [0.1, 0.15) is 47.4 Å². The van der Waals surface area contributed by atoms with E-state index < -0.39 is 0 Å². The molecule has 2 heterocycles. The Morgan fingerprint density at radius 3 is 2.59 bits per heavy atom.